The number of anilines is 1. The third-order valence-corrected chi connectivity index (χ3v) is 2.94. The monoisotopic (exact) mass is 288 g/mol. The summed E-state index contributed by atoms with van der Waals surface area (Å²) in [5.74, 6) is 0. The molecule has 0 amide bonds. The Morgan fingerprint density at radius 3 is 2.53 bits per heavy atom. The highest BCUT2D eigenvalue weighted by molar-refractivity contribution is 6.31. The lowest BCUT2D eigenvalue weighted by Crippen LogP contribution is -2.10. The predicted molar refractivity (Wildman–Crippen MR) is 70.7 cm³/mol. The van der Waals surface area contributed by atoms with E-state index in [0.717, 1.165) is 6.07 Å². The van der Waals surface area contributed by atoms with Crippen molar-refractivity contribution in [1.29, 1.82) is 0 Å². The number of hydrogen-bond donors (Lipinski definition) is 1. The molecule has 0 aliphatic heterocycles. The Balaban J connectivity index is 2.79. The molecule has 0 saturated carbocycles. The summed E-state index contributed by atoms with van der Waals surface area (Å²) >= 11 is 5.95. The van der Waals surface area contributed by atoms with Crippen LogP contribution < -0.4 is 5.32 Å². The van der Waals surface area contributed by atoms with Gasteiger partial charge in [0.25, 0.3) is 0 Å². The normalized spacial score (nSPS) is 11.9. The fourth-order valence-corrected chi connectivity index (χ4v) is 2.21. The molecule has 2 aromatic rings. The smallest absolute Gasteiger partial charge is 0.385 e. The molecule has 0 aliphatic rings. The van der Waals surface area contributed by atoms with Gasteiger partial charge in [-0.05, 0) is 37.6 Å². The molecular formula is C13H12ClF3N2. The summed E-state index contributed by atoms with van der Waals surface area (Å²) in [7, 11) is 0. The maximum atomic E-state index is 12.8. The Morgan fingerprint density at radius 1 is 1.26 bits per heavy atom. The van der Waals surface area contributed by atoms with Gasteiger partial charge in [0, 0.05) is 22.6 Å². The predicted octanol–water partition coefficient (Wildman–Crippen LogP) is 4.65. The number of aryl methyl sites for hydroxylation is 1. The van der Waals surface area contributed by atoms with Gasteiger partial charge in [0.15, 0.2) is 0 Å². The summed E-state index contributed by atoms with van der Waals surface area (Å²) in [5.41, 5.74) is 0.426. The zero-order valence-electron chi connectivity index (χ0n) is 10.4. The first-order valence-electron chi connectivity index (χ1n) is 5.75. The molecule has 19 heavy (non-hydrogen) atoms. The van der Waals surface area contributed by atoms with Crippen molar-refractivity contribution in [2.45, 2.75) is 20.0 Å². The summed E-state index contributed by atoms with van der Waals surface area (Å²) in [6, 6.07) is 4.24. The van der Waals surface area contributed by atoms with Gasteiger partial charge in [-0.15, -0.1) is 0 Å². The van der Waals surface area contributed by atoms with Crippen molar-refractivity contribution in [3.05, 3.63) is 34.5 Å². The molecule has 0 atom stereocenters. The van der Waals surface area contributed by atoms with Crippen LogP contribution in [0.15, 0.2) is 18.2 Å². The fourth-order valence-electron chi connectivity index (χ4n) is 1.94. The number of alkyl halides is 3. The molecule has 6 heteroatoms. The lowest BCUT2D eigenvalue weighted by atomic mass is 10.1. The van der Waals surface area contributed by atoms with Crippen molar-refractivity contribution in [1.82, 2.24) is 4.98 Å². The SMILES string of the molecule is CCNc1cc(C(F)(F)F)nc2c(C)cc(Cl)cc12. The number of fused-ring (bicyclic) bond motifs is 1. The zero-order chi connectivity index (χ0) is 14.2. The minimum atomic E-state index is -4.47. The number of hydrogen-bond acceptors (Lipinski definition) is 2. The molecule has 0 spiro atoms. The van der Waals surface area contributed by atoms with Crippen LogP contribution in [-0.2, 0) is 6.18 Å². The van der Waals surface area contributed by atoms with Crippen LogP contribution >= 0.6 is 11.6 Å². The number of pyridine rings is 1. The molecule has 1 aromatic heterocycles. The van der Waals surface area contributed by atoms with E-state index in [1.807, 2.05) is 6.92 Å². The summed E-state index contributed by atoms with van der Waals surface area (Å²) < 4.78 is 38.5. The van der Waals surface area contributed by atoms with Gasteiger partial charge in [0.2, 0.25) is 0 Å². The fraction of sp³-hybridized carbons (Fsp3) is 0.308. The van der Waals surface area contributed by atoms with E-state index >= 15 is 0 Å². The van der Waals surface area contributed by atoms with Gasteiger partial charge in [0.1, 0.15) is 5.69 Å². The van der Waals surface area contributed by atoms with E-state index in [4.69, 9.17) is 11.6 Å². The number of rotatable bonds is 2. The van der Waals surface area contributed by atoms with Gasteiger partial charge in [-0.25, -0.2) is 4.98 Å². The third-order valence-electron chi connectivity index (χ3n) is 2.73. The third kappa shape index (κ3) is 2.76. The highest BCUT2D eigenvalue weighted by atomic mass is 35.5. The Kier molecular flexibility index (Phi) is 3.58. The van der Waals surface area contributed by atoms with Crippen LogP contribution in [0.1, 0.15) is 18.2 Å². The number of halogens is 4. The summed E-state index contributed by atoms with van der Waals surface area (Å²) in [6.45, 7) is 4.02. The molecule has 0 aliphatic carbocycles. The topological polar surface area (TPSA) is 24.9 Å². The Labute approximate surface area is 113 Å². The van der Waals surface area contributed by atoms with Gasteiger partial charge in [-0.1, -0.05) is 11.6 Å². The quantitative estimate of drug-likeness (QED) is 0.870. The molecule has 0 fully saturated rings. The standard InChI is InChI=1S/C13H12ClF3N2/c1-3-18-10-6-11(13(15,16)17)19-12-7(2)4-8(14)5-9(10)12/h4-6H,3H2,1-2H3,(H,18,19). The maximum Gasteiger partial charge on any atom is 0.433 e. The van der Waals surface area contributed by atoms with Crippen molar-refractivity contribution < 1.29 is 13.2 Å². The molecule has 0 bridgehead atoms. The number of nitrogens with zero attached hydrogens (tertiary/aromatic N) is 1. The Hall–Kier alpha value is -1.49. The molecule has 1 N–H and O–H groups in total. The zero-order valence-corrected chi connectivity index (χ0v) is 11.2. The van der Waals surface area contributed by atoms with Crippen molar-refractivity contribution in [3.8, 4) is 0 Å². The average molecular weight is 289 g/mol. The molecule has 1 aromatic carbocycles. The van der Waals surface area contributed by atoms with Crippen molar-refractivity contribution in [2.24, 2.45) is 0 Å². The first-order chi connectivity index (χ1) is 8.82. The second-order valence-corrected chi connectivity index (χ2v) is 4.64. The largest absolute Gasteiger partial charge is 0.433 e. The molecule has 2 nitrogen and oxygen atoms in total. The van der Waals surface area contributed by atoms with E-state index in [0.29, 0.717) is 33.7 Å². The van der Waals surface area contributed by atoms with Crippen LogP contribution in [0.4, 0.5) is 18.9 Å². The molecule has 1 heterocycles. The second kappa shape index (κ2) is 4.89. The molecule has 0 saturated heterocycles. The Bertz CT molecular complexity index is 623. The van der Waals surface area contributed by atoms with Gasteiger partial charge in [-0.2, -0.15) is 13.2 Å². The minimum absolute atomic E-state index is 0.315. The van der Waals surface area contributed by atoms with Crippen LogP contribution in [0.25, 0.3) is 10.9 Å². The number of benzene rings is 1. The lowest BCUT2D eigenvalue weighted by Gasteiger charge is -2.14. The van der Waals surface area contributed by atoms with Crippen LogP contribution in [0.3, 0.4) is 0 Å². The molecule has 0 unspecified atom stereocenters. The van der Waals surface area contributed by atoms with Crippen LogP contribution in [0.2, 0.25) is 5.02 Å². The van der Waals surface area contributed by atoms with Gasteiger partial charge >= 0.3 is 6.18 Å². The number of nitrogens with one attached hydrogen (secondary N) is 1. The molecule has 2 rings (SSSR count). The molecule has 0 radical (unpaired) electrons. The van der Waals surface area contributed by atoms with Gasteiger partial charge in [0.05, 0.1) is 5.52 Å². The van der Waals surface area contributed by atoms with E-state index in [2.05, 4.69) is 10.3 Å². The van der Waals surface area contributed by atoms with Crippen LogP contribution in [0, 0.1) is 6.92 Å². The van der Waals surface area contributed by atoms with E-state index in [9.17, 15) is 13.2 Å². The lowest BCUT2D eigenvalue weighted by molar-refractivity contribution is -0.140. The summed E-state index contributed by atoms with van der Waals surface area (Å²) in [5, 5.41) is 3.99. The second-order valence-electron chi connectivity index (χ2n) is 4.20. The minimum Gasteiger partial charge on any atom is -0.385 e. The number of aromatic nitrogens is 1. The van der Waals surface area contributed by atoms with Crippen molar-refractivity contribution >= 4 is 28.2 Å². The van der Waals surface area contributed by atoms with E-state index in [1.54, 1.807) is 19.1 Å². The average Bonchev–Trinajstić information content (AvgIpc) is 2.28. The van der Waals surface area contributed by atoms with E-state index in [1.165, 1.54) is 0 Å². The van der Waals surface area contributed by atoms with E-state index < -0.39 is 11.9 Å². The highest BCUT2D eigenvalue weighted by Crippen LogP contribution is 2.35. The van der Waals surface area contributed by atoms with Crippen molar-refractivity contribution in [3.63, 3.8) is 0 Å². The van der Waals surface area contributed by atoms with Gasteiger partial charge in [-0.3, -0.25) is 0 Å². The van der Waals surface area contributed by atoms with Gasteiger partial charge < -0.3 is 5.32 Å². The maximum absolute atomic E-state index is 12.8. The summed E-state index contributed by atoms with van der Waals surface area (Å²) in [4.78, 5) is 3.71. The van der Waals surface area contributed by atoms with Crippen LogP contribution in [0.5, 0.6) is 0 Å². The summed E-state index contributed by atoms with van der Waals surface area (Å²) in [6.07, 6.45) is -4.47. The van der Waals surface area contributed by atoms with Crippen molar-refractivity contribution in [2.75, 3.05) is 11.9 Å². The van der Waals surface area contributed by atoms with E-state index in [-0.39, 0.29) is 0 Å². The Morgan fingerprint density at radius 2 is 1.95 bits per heavy atom. The molecule has 102 valence electrons. The first kappa shape index (κ1) is 13.9. The van der Waals surface area contributed by atoms with Crippen LogP contribution in [-0.4, -0.2) is 11.5 Å². The first-order valence-corrected chi connectivity index (χ1v) is 6.12. The molecular weight excluding hydrogens is 277 g/mol. The highest BCUT2D eigenvalue weighted by Gasteiger charge is 2.33.